The lowest BCUT2D eigenvalue weighted by molar-refractivity contribution is 0.475. The van der Waals surface area contributed by atoms with Crippen LogP contribution in [0.15, 0.2) is 18.2 Å². The van der Waals surface area contributed by atoms with Crippen molar-refractivity contribution in [3.05, 3.63) is 41.0 Å². The second kappa shape index (κ2) is 3.49. The Balaban J connectivity index is 3.07. The van der Waals surface area contributed by atoms with Crippen LogP contribution in [0.25, 0.3) is 10.8 Å². The number of rotatable bonds is 0. The van der Waals surface area contributed by atoms with Gasteiger partial charge in [-0.15, -0.1) is 6.42 Å². The third kappa shape index (κ3) is 1.40. The van der Waals surface area contributed by atoms with E-state index in [4.69, 9.17) is 6.42 Å². The van der Waals surface area contributed by atoms with E-state index in [2.05, 4.69) is 5.92 Å². The SMILES string of the molecule is C#Cc1c(F)cc(F)c2cc(O)cc(C)c12. The summed E-state index contributed by atoms with van der Waals surface area (Å²) in [6.07, 6.45) is 5.20. The van der Waals surface area contributed by atoms with Gasteiger partial charge >= 0.3 is 0 Å². The van der Waals surface area contributed by atoms with Crippen molar-refractivity contribution in [1.29, 1.82) is 0 Å². The molecule has 3 heteroatoms. The Bertz CT molecular complexity index is 624. The summed E-state index contributed by atoms with van der Waals surface area (Å²) in [4.78, 5) is 0. The molecule has 0 spiro atoms. The first-order valence-corrected chi connectivity index (χ1v) is 4.62. The molecule has 16 heavy (non-hydrogen) atoms. The minimum absolute atomic E-state index is 0.0221. The highest BCUT2D eigenvalue weighted by Gasteiger charge is 2.13. The van der Waals surface area contributed by atoms with Gasteiger partial charge in [0.15, 0.2) is 0 Å². The molecule has 0 heterocycles. The van der Waals surface area contributed by atoms with Crippen LogP contribution in [0.3, 0.4) is 0 Å². The fourth-order valence-corrected chi connectivity index (χ4v) is 1.81. The number of aryl methyl sites for hydroxylation is 1. The molecule has 0 aromatic heterocycles. The van der Waals surface area contributed by atoms with Gasteiger partial charge in [-0.1, -0.05) is 5.92 Å². The molecule has 2 aromatic rings. The molecular weight excluding hydrogens is 210 g/mol. The predicted molar refractivity (Wildman–Crippen MR) is 58.2 cm³/mol. The molecule has 2 rings (SSSR count). The first kappa shape index (κ1) is 10.4. The quantitative estimate of drug-likeness (QED) is 0.673. The molecule has 0 aliphatic rings. The molecule has 0 amide bonds. The second-order valence-corrected chi connectivity index (χ2v) is 3.54. The number of fused-ring (bicyclic) bond motifs is 1. The second-order valence-electron chi connectivity index (χ2n) is 3.54. The van der Waals surface area contributed by atoms with E-state index in [1.54, 1.807) is 6.92 Å². The summed E-state index contributed by atoms with van der Waals surface area (Å²) in [6, 6.07) is 3.39. The Hall–Kier alpha value is -2.08. The maximum absolute atomic E-state index is 13.5. The van der Waals surface area contributed by atoms with Crippen molar-refractivity contribution in [1.82, 2.24) is 0 Å². The average molecular weight is 218 g/mol. The molecule has 0 atom stereocenters. The Morgan fingerprint density at radius 1 is 1.19 bits per heavy atom. The van der Waals surface area contributed by atoms with E-state index in [9.17, 15) is 13.9 Å². The normalized spacial score (nSPS) is 10.4. The highest BCUT2D eigenvalue weighted by Crippen LogP contribution is 2.30. The molecule has 0 unspecified atom stereocenters. The van der Waals surface area contributed by atoms with Gasteiger partial charge in [0.2, 0.25) is 0 Å². The largest absolute Gasteiger partial charge is 0.508 e. The van der Waals surface area contributed by atoms with E-state index >= 15 is 0 Å². The zero-order chi connectivity index (χ0) is 11.9. The van der Waals surface area contributed by atoms with Crippen molar-refractivity contribution in [2.75, 3.05) is 0 Å². The fraction of sp³-hybridized carbons (Fsp3) is 0.0769. The van der Waals surface area contributed by atoms with Crippen LogP contribution in [0.1, 0.15) is 11.1 Å². The zero-order valence-corrected chi connectivity index (χ0v) is 8.51. The van der Waals surface area contributed by atoms with Crippen LogP contribution < -0.4 is 0 Å². The summed E-state index contributed by atoms with van der Waals surface area (Å²) >= 11 is 0. The Kier molecular flexibility index (Phi) is 2.28. The van der Waals surface area contributed by atoms with Crippen molar-refractivity contribution in [3.8, 4) is 18.1 Å². The summed E-state index contributed by atoms with van der Waals surface area (Å²) < 4.78 is 26.9. The maximum Gasteiger partial charge on any atom is 0.142 e. The summed E-state index contributed by atoms with van der Waals surface area (Å²) in [5, 5.41) is 9.82. The van der Waals surface area contributed by atoms with Gasteiger partial charge in [0, 0.05) is 16.8 Å². The van der Waals surface area contributed by atoms with Crippen molar-refractivity contribution < 1.29 is 13.9 Å². The lowest BCUT2D eigenvalue weighted by Crippen LogP contribution is -1.93. The molecular formula is C13H8F2O. The van der Waals surface area contributed by atoms with Crippen LogP contribution >= 0.6 is 0 Å². The number of terminal acetylenes is 1. The molecule has 2 aromatic carbocycles. The Morgan fingerprint density at radius 3 is 2.50 bits per heavy atom. The number of hydrogen-bond acceptors (Lipinski definition) is 1. The topological polar surface area (TPSA) is 20.2 Å². The van der Waals surface area contributed by atoms with Crippen molar-refractivity contribution in [3.63, 3.8) is 0 Å². The van der Waals surface area contributed by atoms with Gasteiger partial charge in [-0.2, -0.15) is 0 Å². The molecule has 0 saturated carbocycles. The van der Waals surface area contributed by atoms with Gasteiger partial charge in [-0.05, 0) is 24.6 Å². The van der Waals surface area contributed by atoms with Crippen LogP contribution in [0.4, 0.5) is 8.78 Å². The lowest BCUT2D eigenvalue weighted by Gasteiger charge is -2.08. The molecule has 1 N–H and O–H groups in total. The van der Waals surface area contributed by atoms with Crippen LogP contribution in [-0.4, -0.2) is 5.11 Å². The van der Waals surface area contributed by atoms with Crippen LogP contribution in [-0.2, 0) is 0 Å². The third-order valence-corrected chi connectivity index (χ3v) is 2.46. The van der Waals surface area contributed by atoms with E-state index in [1.807, 2.05) is 0 Å². The summed E-state index contributed by atoms with van der Waals surface area (Å²) in [7, 11) is 0. The number of aromatic hydroxyl groups is 1. The number of phenolic OH excluding ortho intramolecular Hbond substituents is 1. The standard InChI is InChI=1S/C13H8F2O/c1-3-9-11(14)6-12(15)10-5-8(16)4-7(2)13(9)10/h1,4-6,16H,2H3. The molecule has 0 saturated heterocycles. The maximum atomic E-state index is 13.5. The van der Waals surface area contributed by atoms with E-state index in [-0.39, 0.29) is 16.7 Å². The highest BCUT2D eigenvalue weighted by molar-refractivity contribution is 5.92. The Labute approximate surface area is 91.3 Å². The van der Waals surface area contributed by atoms with E-state index < -0.39 is 11.6 Å². The van der Waals surface area contributed by atoms with Crippen molar-refractivity contribution in [2.24, 2.45) is 0 Å². The molecule has 80 valence electrons. The molecule has 0 bridgehead atoms. The summed E-state index contributed by atoms with van der Waals surface area (Å²) in [5.74, 6) is 0.638. The number of hydrogen-bond donors (Lipinski definition) is 1. The fourth-order valence-electron chi connectivity index (χ4n) is 1.81. The van der Waals surface area contributed by atoms with E-state index in [0.717, 1.165) is 6.07 Å². The average Bonchev–Trinajstić information content (AvgIpc) is 2.20. The van der Waals surface area contributed by atoms with Gasteiger partial charge in [0.05, 0.1) is 5.56 Å². The smallest absolute Gasteiger partial charge is 0.142 e. The number of benzene rings is 2. The predicted octanol–water partition coefficient (Wildman–Crippen LogP) is 3.11. The first-order valence-electron chi connectivity index (χ1n) is 4.62. The minimum Gasteiger partial charge on any atom is -0.508 e. The van der Waals surface area contributed by atoms with Crippen LogP contribution in [0.2, 0.25) is 0 Å². The van der Waals surface area contributed by atoms with Crippen molar-refractivity contribution in [2.45, 2.75) is 6.92 Å². The Morgan fingerprint density at radius 2 is 1.88 bits per heavy atom. The number of phenols is 1. The monoisotopic (exact) mass is 218 g/mol. The third-order valence-electron chi connectivity index (χ3n) is 2.46. The van der Waals surface area contributed by atoms with Gasteiger partial charge in [-0.3, -0.25) is 0 Å². The molecule has 0 aliphatic carbocycles. The lowest BCUT2D eigenvalue weighted by atomic mass is 9.99. The molecule has 0 radical (unpaired) electrons. The van der Waals surface area contributed by atoms with Gasteiger partial charge in [0.1, 0.15) is 17.4 Å². The summed E-state index contributed by atoms with van der Waals surface area (Å²) in [5.41, 5.74) is 0.565. The molecule has 1 nitrogen and oxygen atoms in total. The molecule has 0 aliphatic heterocycles. The van der Waals surface area contributed by atoms with Crippen LogP contribution in [0.5, 0.6) is 5.75 Å². The van der Waals surface area contributed by atoms with Crippen LogP contribution in [0, 0.1) is 30.9 Å². The first-order chi connectivity index (χ1) is 7.54. The molecule has 0 fully saturated rings. The summed E-state index contributed by atoms with van der Waals surface area (Å²) in [6.45, 7) is 1.64. The van der Waals surface area contributed by atoms with Gasteiger partial charge in [-0.25, -0.2) is 8.78 Å². The highest BCUT2D eigenvalue weighted by atomic mass is 19.1. The zero-order valence-electron chi connectivity index (χ0n) is 8.51. The van der Waals surface area contributed by atoms with Crippen molar-refractivity contribution >= 4 is 10.8 Å². The number of halogens is 2. The van der Waals surface area contributed by atoms with E-state index in [0.29, 0.717) is 10.9 Å². The van der Waals surface area contributed by atoms with Gasteiger partial charge in [0.25, 0.3) is 0 Å². The van der Waals surface area contributed by atoms with Gasteiger partial charge < -0.3 is 5.11 Å². The van der Waals surface area contributed by atoms with E-state index in [1.165, 1.54) is 12.1 Å². The minimum atomic E-state index is -0.763.